The molecule has 0 saturated carbocycles. The van der Waals surface area contributed by atoms with Crippen molar-refractivity contribution < 1.29 is 19.1 Å². The van der Waals surface area contributed by atoms with Crippen LogP contribution in [0.5, 0.6) is 0 Å². The molecule has 0 aromatic heterocycles. The molecule has 1 aliphatic heterocycles. The molecule has 1 aliphatic rings. The van der Waals surface area contributed by atoms with Crippen molar-refractivity contribution in [3.8, 4) is 0 Å². The number of nitrogens with zero attached hydrogens (tertiary/aromatic N) is 1. The minimum Gasteiger partial charge on any atom is -0.463 e. The number of Topliss-reactive ketones (excluding diaryl/α,β-unsaturated/α-hetero) is 1. The van der Waals surface area contributed by atoms with Gasteiger partial charge in [0.1, 0.15) is 5.78 Å². The predicted molar refractivity (Wildman–Crippen MR) is 73.4 cm³/mol. The molecular formula is C13H19NO4S. The van der Waals surface area contributed by atoms with E-state index >= 15 is 0 Å². The molecule has 0 radical (unpaired) electrons. The summed E-state index contributed by atoms with van der Waals surface area (Å²) in [5, 5.41) is 0.564. The number of ketones is 1. The summed E-state index contributed by atoms with van der Waals surface area (Å²) in [6.45, 7) is 5.33. The van der Waals surface area contributed by atoms with Crippen LogP contribution in [0.15, 0.2) is 11.1 Å². The van der Waals surface area contributed by atoms with E-state index in [1.807, 2.05) is 0 Å². The van der Waals surface area contributed by atoms with Crippen LogP contribution < -0.4 is 0 Å². The largest absolute Gasteiger partial charge is 0.463 e. The van der Waals surface area contributed by atoms with E-state index in [4.69, 9.17) is 4.74 Å². The number of amides is 1. The molecule has 0 spiro atoms. The molecule has 0 aromatic rings. The van der Waals surface area contributed by atoms with Gasteiger partial charge in [0, 0.05) is 13.5 Å². The zero-order valence-electron chi connectivity index (χ0n) is 11.7. The highest BCUT2D eigenvalue weighted by molar-refractivity contribution is 8.05. The Bertz CT molecular complexity index is 432. The number of ether oxygens (including phenoxy) is 1. The second kappa shape index (κ2) is 6.23. The second-order valence-electron chi connectivity index (χ2n) is 4.63. The second-order valence-corrected chi connectivity index (χ2v) is 6.16. The summed E-state index contributed by atoms with van der Waals surface area (Å²) in [6, 6.07) is 0. The van der Waals surface area contributed by atoms with E-state index in [1.165, 1.54) is 29.7 Å². The molecular weight excluding hydrogens is 266 g/mol. The van der Waals surface area contributed by atoms with Crippen molar-refractivity contribution >= 4 is 29.4 Å². The van der Waals surface area contributed by atoms with Crippen LogP contribution in [0, 0.1) is 0 Å². The van der Waals surface area contributed by atoms with Crippen LogP contribution in [0.1, 0.15) is 33.6 Å². The van der Waals surface area contributed by atoms with Crippen LogP contribution in [0.2, 0.25) is 0 Å². The van der Waals surface area contributed by atoms with E-state index in [0.29, 0.717) is 24.5 Å². The predicted octanol–water partition coefficient (Wildman–Crippen LogP) is 1.72. The van der Waals surface area contributed by atoms with E-state index in [1.54, 1.807) is 20.9 Å². The van der Waals surface area contributed by atoms with Gasteiger partial charge in [0.05, 0.1) is 22.5 Å². The van der Waals surface area contributed by atoms with Gasteiger partial charge in [-0.2, -0.15) is 0 Å². The van der Waals surface area contributed by atoms with Crippen LogP contribution in [0.4, 0.5) is 0 Å². The zero-order chi connectivity index (χ0) is 14.6. The zero-order valence-corrected chi connectivity index (χ0v) is 12.5. The van der Waals surface area contributed by atoms with E-state index in [-0.39, 0.29) is 11.7 Å². The highest BCUT2D eigenvalue weighted by atomic mass is 32.2. The summed E-state index contributed by atoms with van der Waals surface area (Å²) in [5.41, 5.74) is 0. The molecule has 1 atom stereocenters. The van der Waals surface area contributed by atoms with E-state index in [2.05, 4.69) is 0 Å². The molecule has 5 nitrogen and oxygen atoms in total. The first-order valence-corrected chi connectivity index (χ1v) is 6.97. The number of hydrogen-bond acceptors (Lipinski definition) is 5. The van der Waals surface area contributed by atoms with Crippen molar-refractivity contribution in [2.24, 2.45) is 0 Å². The third-order valence-corrected chi connectivity index (χ3v) is 4.33. The lowest BCUT2D eigenvalue weighted by Gasteiger charge is -2.18. The standard InChI is InChI=1S/C13H19NO4S/c1-5-18-11(16)8-10-14(4)12(17)13(3,19-10)7-6-9(2)15/h8H,5-7H2,1-4H3/b10-8-. The maximum atomic E-state index is 12.2. The Morgan fingerprint density at radius 3 is 2.63 bits per heavy atom. The molecule has 1 unspecified atom stereocenters. The maximum Gasteiger partial charge on any atom is 0.333 e. The van der Waals surface area contributed by atoms with Gasteiger partial charge < -0.3 is 14.4 Å². The summed E-state index contributed by atoms with van der Waals surface area (Å²) in [4.78, 5) is 36.1. The Hall–Kier alpha value is -1.30. The van der Waals surface area contributed by atoms with Crippen molar-refractivity contribution in [2.45, 2.75) is 38.4 Å². The molecule has 1 amide bonds. The SMILES string of the molecule is CCOC(=O)/C=C1\SC(C)(CCC(C)=O)C(=O)N1C. The lowest BCUT2D eigenvalue weighted by Crippen LogP contribution is -2.34. The number of rotatable bonds is 5. The lowest BCUT2D eigenvalue weighted by atomic mass is 10.0. The smallest absolute Gasteiger partial charge is 0.333 e. The molecule has 106 valence electrons. The normalized spacial score (nSPS) is 24.9. The van der Waals surface area contributed by atoms with Gasteiger partial charge in [-0.05, 0) is 27.2 Å². The molecule has 1 saturated heterocycles. The summed E-state index contributed by atoms with van der Waals surface area (Å²) >= 11 is 1.31. The summed E-state index contributed by atoms with van der Waals surface area (Å²) < 4.78 is 4.15. The number of thioether (sulfide) groups is 1. The Kier molecular flexibility index (Phi) is 5.17. The molecule has 0 aromatic carbocycles. The van der Waals surface area contributed by atoms with Gasteiger partial charge >= 0.3 is 5.97 Å². The molecule has 1 rings (SSSR count). The van der Waals surface area contributed by atoms with Gasteiger partial charge in [-0.1, -0.05) is 11.8 Å². The van der Waals surface area contributed by atoms with Crippen LogP contribution >= 0.6 is 11.8 Å². The van der Waals surface area contributed by atoms with Gasteiger partial charge in [-0.15, -0.1) is 0 Å². The Morgan fingerprint density at radius 1 is 1.47 bits per heavy atom. The minimum absolute atomic E-state index is 0.0556. The first-order chi connectivity index (χ1) is 8.80. The van der Waals surface area contributed by atoms with Gasteiger partial charge in [0.15, 0.2) is 0 Å². The molecule has 0 bridgehead atoms. The third kappa shape index (κ3) is 3.83. The van der Waals surface area contributed by atoms with Gasteiger partial charge in [-0.25, -0.2) is 4.79 Å². The van der Waals surface area contributed by atoms with E-state index < -0.39 is 10.7 Å². The third-order valence-electron chi connectivity index (χ3n) is 2.90. The number of carbonyl (C=O) groups is 3. The quantitative estimate of drug-likeness (QED) is 0.568. The fraction of sp³-hybridized carbons (Fsp3) is 0.615. The van der Waals surface area contributed by atoms with E-state index in [0.717, 1.165) is 0 Å². The first kappa shape index (κ1) is 15.8. The van der Waals surface area contributed by atoms with Gasteiger partial charge in [-0.3, -0.25) is 4.79 Å². The van der Waals surface area contributed by atoms with Crippen LogP contribution in [-0.2, 0) is 19.1 Å². The molecule has 1 heterocycles. The minimum atomic E-state index is -0.682. The Morgan fingerprint density at radius 2 is 2.11 bits per heavy atom. The molecule has 19 heavy (non-hydrogen) atoms. The van der Waals surface area contributed by atoms with Gasteiger partial charge in [0.2, 0.25) is 5.91 Å². The van der Waals surface area contributed by atoms with Crippen molar-refractivity contribution in [3.05, 3.63) is 11.1 Å². The maximum absolute atomic E-state index is 12.2. The van der Waals surface area contributed by atoms with E-state index in [9.17, 15) is 14.4 Å². The van der Waals surface area contributed by atoms with Crippen molar-refractivity contribution in [3.63, 3.8) is 0 Å². The van der Waals surface area contributed by atoms with Crippen LogP contribution in [-0.4, -0.2) is 41.0 Å². The highest BCUT2D eigenvalue weighted by Crippen LogP contribution is 2.45. The number of hydrogen-bond donors (Lipinski definition) is 0. The van der Waals surface area contributed by atoms with Crippen LogP contribution in [0.25, 0.3) is 0 Å². The summed E-state index contributed by atoms with van der Waals surface area (Å²) in [7, 11) is 1.62. The Balaban J connectivity index is 2.83. The monoisotopic (exact) mass is 285 g/mol. The fourth-order valence-electron chi connectivity index (χ4n) is 1.78. The highest BCUT2D eigenvalue weighted by Gasteiger charge is 2.45. The first-order valence-electron chi connectivity index (χ1n) is 6.15. The molecule has 0 aliphatic carbocycles. The average molecular weight is 285 g/mol. The van der Waals surface area contributed by atoms with Crippen molar-refractivity contribution in [1.82, 2.24) is 4.90 Å². The molecule has 6 heteroatoms. The topological polar surface area (TPSA) is 63.7 Å². The lowest BCUT2D eigenvalue weighted by molar-refractivity contribution is -0.137. The molecule has 0 N–H and O–H groups in total. The summed E-state index contributed by atoms with van der Waals surface area (Å²) in [5.74, 6) is -0.491. The van der Waals surface area contributed by atoms with Gasteiger partial charge in [0.25, 0.3) is 0 Å². The fourth-order valence-corrected chi connectivity index (χ4v) is 3.05. The summed E-state index contributed by atoms with van der Waals surface area (Å²) in [6.07, 6.45) is 2.15. The van der Waals surface area contributed by atoms with Crippen molar-refractivity contribution in [2.75, 3.05) is 13.7 Å². The Labute approximate surface area is 117 Å². The molecule has 1 fully saturated rings. The average Bonchev–Trinajstić information content (AvgIpc) is 2.53. The number of carbonyl (C=O) groups excluding carboxylic acids is 3. The number of esters is 1. The van der Waals surface area contributed by atoms with Crippen LogP contribution in [0.3, 0.4) is 0 Å². The van der Waals surface area contributed by atoms with Crippen molar-refractivity contribution in [1.29, 1.82) is 0 Å².